The molecule has 2 aromatic heterocycles. The molecule has 0 aromatic carbocycles. The lowest BCUT2D eigenvalue weighted by Crippen LogP contribution is -2.35. The van der Waals surface area contributed by atoms with Crippen LogP contribution in [0.4, 0.5) is 0 Å². The molecule has 114 valence electrons. The number of ketones is 2. The van der Waals surface area contributed by atoms with Crippen LogP contribution in [0.5, 0.6) is 0 Å². The van der Waals surface area contributed by atoms with Gasteiger partial charge in [-0.25, -0.2) is 0 Å². The normalized spacial score (nSPS) is 22.5. The van der Waals surface area contributed by atoms with Crippen molar-refractivity contribution in [1.82, 2.24) is 10.1 Å². The standard InChI is InChI=1S/C14H7N3O5S/c18-11-7-5-8(17(20)21)23-14(7)12(19)9-10(16-22-13(9)11)6-1-3-15-4-2-6/h1-5,7,14H. The van der Waals surface area contributed by atoms with Gasteiger partial charge in [0.25, 0.3) is 0 Å². The Bertz CT molecular complexity index is 889. The highest BCUT2D eigenvalue weighted by Gasteiger charge is 2.51. The first-order chi connectivity index (χ1) is 11.1. The van der Waals surface area contributed by atoms with E-state index >= 15 is 0 Å². The number of thioether (sulfide) groups is 1. The Morgan fingerprint density at radius 1 is 1.22 bits per heavy atom. The first-order valence-corrected chi connectivity index (χ1v) is 7.47. The van der Waals surface area contributed by atoms with Crippen LogP contribution in [0, 0.1) is 16.0 Å². The molecule has 0 saturated heterocycles. The number of Topliss-reactive ketones (excluding diaryl/α,β-unsaturated/α-hetero) is 2. The van der Waals surface area contributed by atoms with E-state index in [0.29, 0.717) is 5.56 Å². The third-order valence-electron chi connectivity index (χ3n) is 3.75. The van der Waals surface area contributed by atoms with Crippen LogP contribution in [0.3, 0.4) is 0 Å². The van der Waals surface area contributed by atoms with Gasteiger partial charge in [-0.1, -0.05) is 5.16 Å². The van der Waals surface area contributed by atoms with Crippen LogP contribution < -0.4 is 0 Å². The molecule has 3 heterocycles. The van der Waals surface area contributed by atoms with Crippen molar-refractivity contribution < 1.29 is 19.0 Å². The number of aromatic nitrogens is 2. The lowest BCUT2D eigenvalue weighted by atomic mass is 9.84. The van der Waals surface area contributed by atoms with Gasteiger partial charge in [0.05, 0.1) is 21.7 Å². The molecular weight excluding hydrogens is 322 g/mol. The van der Waals surface area contributed by atoms with Gasteiger partial charge in [-0.15, -0.1) is 0 Å². The second kappa shape index (κ2) is 4.85. The molecule has 8 nitrogen and oxygen atoms in total. The minimum Gasteiger partial charge on any atom is -0.352 e. The number of fused-ring (bicyclic) bond motifs is 2. The monoisotopic (exact) mass is 329 g/mol. The third kappa shape index (κ3) is 1.93. The van der Waals surface area contributed by atoms with E-state index in [4.69, 9.17) is 4.52 Å². The predicted molar refractivity (Wildman–Crippen MR) is 78.3 cm³/mol. The molecule has 1 aliphatic heterocycles. The molecule has 0 fully saturated rings. The van der Waals surface area contributed by atoms with Crippen molar-refractivity contribution in [2.45, 2.75) is 5.25 Å². The Morgan fingerprint density at radius 3 is 2.65 bits per heavy atom. The van der Waals surface area contributed by atoms with E-state index in [2.05, 4.69) is 10.1 Å². The van der Waals surface area contributed by atoms with Crippen molar-refractivity contribution in [3.05, 3.63) is 57.1 Å². The summed E-state index contributed by atoms with van der Waals surface area (Å²) in [4.78, 5) is 39.4. The van der Waals surface area contributed by atoms with Gasteiger partial charge in [-0.3, -0.25) is 24.7 Å². The van der Waals surface area contributed by atoms with Crippen molar-refractivity contribution in [3.63, 3.8) is 0 Å². The molecule has 0 spiro atoms. The SMILES string of the molecule is O=C1c2onc(-c3ccncc3)c2C(=O)C2SC([N+](=O)[O-])=CC12. The summed E-state index contributed by atoms with van der Waals surface area (Å²) < 4.78 is 5.08. The number of carbonyl (C=O) groups excluding carboxylic acids is 2. The zero-order valence-corrected chi connectivity index (χ0v) is 12.1. The van der Waals surface area contributed by atoms with E-state index in [-0.39, 0.29) is 27.8 Å². The lowest BCUT2D eigenvalue weighted by molar-refractivity contribution is -0.410. The highest BCUT2D eigenvalue weighted by atomic mass is 32.2. The second-order valence-electron chi connectivity index (χ2n) is 5.03. The maximum absolute atomic E-state index is 12.7. The number of rotatable bonds is 2. The van der Waals surface area contributed by atoms with Gasteiger partial charge in [0.1, 0.15) is 5.69 Å². The van der Waals surface area contributed by atoms with Crippen molar-refractivity contribution >= 4 is 23.3 Å². The van der Waals surface area contributed by atoms with Crippen LogP contribution in [0.15, 0.2) is 40.2 Å². The predicted octanol–water partition coefficient (Wildman–Crippen LogP) is 1.97. The highest BCUT2D eigenvalue weighted by Crippen LogP contribution is 2.45. The number of hydrogen-bond acceptors (Lipinski definition) is 8. The molecule has 2 unspecified atom stereocenters. The second-order valence-corrected chi connectivity index (χ2v) is 6.19. The summed E-state index contributed by atoms with van der Waals surface area (Å²) in [7, 11) is 0. The summed E-state index contributed by atoms with van der Waals surface area (Å²) in [5, 5.41) is 13.7. The van der Waals surface area contributed by atoms with Gasteiger partial charge < -0.3 is 4.52 Å². The molecule has 0 bridgehead atoms. The molecule has 2 aliphatic rings. The largest absolute Gasteiger partial charge is 0.352 e. The fraction of sp³-hybridized carbons (Fsp3) is 0.143. The maximum atomic E-state index is 12.7. The Balaban J connectivity index is 1.83. The number of nitro groups is 1. The molecule has 9 heteroatoms. The van der Waals surface area contributed by atoms with Gasteiger partial charge in [-0.2, -0.15) is 0 Å². The average molecular weight is 329 g/mol. The van der Waals surface area contributed by atoms with E-state index in [1.165, 1.54) is 18.5 Å². The van der Waals surface area contributed by atoms with E-state index in [0.717, 1.165) is 11.8 Å². The van der Waals surface area contributed by atoms with Crippen molar-refractivity contribution in [2.75, 3.05) is 0 Å². The summed E-state index contributed by atoms with van der Waals surface area (Å²) in [6.07, 6.45) is 4.28. The zero-order chi connectivity index (χ0) is 16.1. The first-order valence-electron chi connectivity index (χ1n) is 6.59. The van der Waals surface area contributed by atoms with E-state index in [1.807, 2.05) is 0 Å². The third-order valence-corrected chi connectivity index (χ3v) is 5.04. The Hall–Kier alpha value is -2.81. The van der Waals surface area contributed by atoms with Crippen molar-refractivity contribution in [1.29, 1.82) is 0 Å². The summed E-state index contributed by atoms with van der Waals surface area (Å²) in [5.41, 5.74) is 0.942. The molecule has 1 aliphatic carbocycles. The molecule has 2 atom stereocenters. The van der Waals surface area contributed by atoms with Gasteiger partial charge in [-0.05, 0) is 23.9 Å². The Kier molecular flexibility index (Phi) is 2.91. The van der Waals surface area contributed by atoms with Gasteiger partial charge in [0.2, 0.25) is 11.5 Å². The van der Waals surface area contributed by atoms with Crippen molar-refractivity contribution in [2.24, 2.45) is 5.92 Å². The summed E-state index contributed by atoms with van der Waals surface area (Å²) in [6, 6.07) is 3.29. The van der Waals surface area contributed by atoms with Gasteiger partial charge >= 0.3 is 5.03 Å². The fourth-order valence-corrected chi connectivity index (χ4v) is 3.85. The molecule has 0 radical (unpaired) electrons. The maximum Gasteiger partial charge on any atom is 0.300 e. The molecule has 0 saturated carbocycles. The number of hydrogen-bond donors (Lipinski definition) is 0. The lowest BCUT2D eigenvalue weighted by Gasteiger charge is -2.19. The quantitative estimate of drug-likeness (QED) is 0.606. The molecule has 23 heavy (non-hydrogen) atoms. The summed E-state index contributed by atoms with van der Waals surface area (Å²) in [5.74, 6) is -1.85. The molecule has 2 aromatic rings. The summed E-state index contributed by atoms with van der Waals surface area (Å²) in [6.45, 7) is 0. The zero-order valence-electron chi connectivity index (χ0n) is 11.3. The molecule has 0 amide bonds. The Labute approximate surface area is 132 Å². The van der Waals surface area contributed by atoms with Crippen LogP contribution in [-0.4, -0.2) is 31.9 Å². The van der Waals surface area contributed by atoms with E-state index in [1.54, 1.807) is 12.1 Å². The van der Waals surface area contributed by atoms with E-state index < -0.39 is 21.9 Å². The fourth-order valence-electron chi connectivity index (χ4n) is 2.70. The van der Waals surface area contributed by atoms with Crippen LogP contribution in [0.25, 0.3) is 11.3 Å². The number of nitrogens with zero attached hydrogens (tertiary/aromatic N) is 3. The van der Waals surface area contributed by atoms with Crippen LogP contribution in [0.1, 0.15) is 20.9 Å². The smallest absolute Gasteiger partial charge is 0.300 e. The van der Waals surface area contributed by atoms with Crippen LogP contribution >= 0.6 is 11.8 Å². The summed E-state index contributed by atoms with van der Waals surface area (Å²) >= 11 is 0.795. The Morgan fingerprint density at radius 2 is 1.96 bits per heavy atom. The van der Waals surface area contributed by atoms with Crippen molar-refractivity contribution in [3.8, 4) is 11.3 Å². The number of pyridine rings is 1. The average Bonchev–Trinajstić information content (AvgIpc) is 3.18. The van der Waals surface area contributed by atoms with Crippen LogP contribution in [-0.2, 0) is 0 Å². The van der Waals surface area contributed by atoms with E-state index in [9.17, 15) is 19.7 Å². The minimum absolute atomic E-state index is 0.0907. The number of allylic oxidation sites excluding steroid dienone is 1. The first kappa shape index (κ1) is 13.8. The van der Waals surface area contributed by atoms with Crippen LogP contribution in [0.2, 0.25) is 0 Å². The topological polar surface area (TPSA) is 116 Å². The molecular formula is C14H7N3O5S. The van der Waals surface area contributed by atoms with Gasteiger partial charge in [0, 0.05) is 24.0 Å². The minimum atomic E-state index is -0.876. The number of carbonyl (C=O) groups is 2. The molecule has 4 rings (SSSR count). The van der Waals surface area contributed by atoms with Gasteiger partial charge in [0.15, 0.2) is 5.78 Å². The molecule has 0 N–H and O–H groups in total. The highest BCUT2D eigenvalue weighted by molar-refractivity contribution is 8.04.